The largest absolute Gasteiger partial charge is 0.370 e. The van der Waals surface area contributed by atoms with E-state index in [9.17, 15) is 4.79 Å². The maximum absolute atomic E-state index is 10.8. The Labute approximate surface area is 105 Å². The van der Waals surface area contributed by atoms with Gasteiger partial charge in [0.1, 0.15) is 0 Å². The van der Waals surface area contributed by atoms with E-state index in [1.165, 1.54) is 0 Å². The second kappa shape index (κ2) is 4.72. The van der Waals surface area contributed by atoms with Crippen molar-refractivity contribution < 1.29 is 4.79 Å². The summed E-state index contributed by atoms with van der Waals surface area (Å²) in [5.41, 5.74) is 8.03. The molecule has 0 aliphatic rings. The number of halogens is 1. The zero-order valence-electron chi connectivity index (χ0n) is 9.53. The summed E-state index contributed by atoms with van der Waals surface area (Å²) < 4.78 is 0. The van der Waals surface area contributed by atoms with E-state index >= 15 is 0 Å². The van der Waals surface area contributed by atoms with Crippen LogP contribution in [0.4, 0.5) is 0 Å². The number of hydrogen-bond donors (Lipinski definition) is 1. The van der Waals surface area contributed by atoms with E-state index in [4.69, 9.17) is 17.3 Å². The highest BCUT2D eigenvalue weighted by atomic mass is 35.5. The zero-order valence-corrected chi connectivity index (χ0v) is 10.3. The van der Waals surface area contributed by atoms with Crippen molar-refractivity contribution in [2.75, 3.05) is 0 Å². The van der Waals surface area contributed by atoms with Gasteiger partial charge in [-0.2, -0.15) is 0 Å². The monoisotopic (exact) mass is 248 g/mol. The number of amides is 1. The van der Waals surface area contributed by atoms with Crippen molar-refractivity contribution in [3.05, 3.63) is 40.5 Å². The number of benzene rings is 1. The van der Waals surface area contributed by atoms with Gasteiger partial charge in [-0.3, -0.25) is 9.78 Å². The molecule has 0 saturated carbocycles. The van der Waals surface area contributed by atoms with E-state index in [1.807, 2.05) is 31.2 Å². The van der Waals surface area contributed by atoms with Gasteiger partial charge in [-0.05, 0) is 37.1 Å². The smallest absolute Gasteiger partial charge is 0.217 e. The SMILES string of the molecule is Cc1cc(CCC(N)=O)c2ccc(Cl)cc2n1. The van der Waals surface area contributed by atoms with Crippen molar-refractivity contribution in [2.24, 2.45) is 5.73 Å². The number of primary amides is 1. The molecule has 1 amide bonds. The van der Waals surface area contributed by atoms with Crippen molar-refractivity contribution in [1.82, 2.24) is 4.98 Å². The van der Waals surface area contributed by atoms with Gasteiger partial charge in [-0.25, -0.2) is 0 Å². The van der Waals surface area contributed by atoms with Gasteiger partial charge in [-0.1, -0.05) is 17.7 Å². The number of pyridine rings is 1. The van der Waals surface area contributed by atoms with Gasteiger partial charge >= 0.3 is 0 Å². The standard InChI is InChI=1S/C13H13ClN2O/c1-8-6-9(2-5-13(15)17)11-4-3-10(14)7-12(11)16-8/h3-4,6-7H,2,5H2,1H3,(H2,15,17). The van der Waals surface area contributed by atoms with Crippen LogP contribution in [0.2, 0.25) is 5.02 Å². The molecule has 0 bridgehead atoms. The lowest BCUT2D eigenvalue weighted by molar-refractivity contribution is -0.117. The quantitative estimate of drug-likeness (QED) is 0.908. The molecule has 2 rings (SSSR count). The number of carbonyl (C=O) groups is 1. The van der Waals surface area contributed by atoms with Crippen LogP contribution >= 0.6 is 11.6 Å². The minimum absolute atomic E-state index is 0.290. The summed E-state index contributed by atoms with van der Waals surface area (Å²) in [5.74, 6) is -0.290. The molecule has 0 radical (unpaired) electrons. The van der Waals surface area contributed by atoms with Crippen LogP contribution < -0.4 is 5.73 Å². The molecule has 88 valence electrons. The topological polar surface area (TPSA) is 56.0 Å². The fourth-order valence-corrected chi connectivity index (χ4v) is 2.05. The molecule has 1 aromatic carbocycles. The van der Waals surface area contributed by atoms with Gasteiger partial charge in [0.15, 0.2) is 0 Å². The lowest BCUT2D eigenvalue weighted by atomic mass is 10.0. The molecule has 2 N–H and O–H groups in total. The first kappa shape index (κ1) is 11.9. The molecule has 0 unspecified atom stereocenters. The van der Waals surface area contributed by atoms with E-state index in [2.05, 4.69) is 4.98 Å². The maximum atomic E-state index is 10.8. The summed E-state index contributed by atoms with van der Waals surface area (Å²) in [5, 5.41) is 1.69. The molecule has 0 spiro atoms. The third-order valence-corrected chi connectivity index (χ3v) is 2.86. The average Bonchev–Trinajstić information content (AvgIpc) is 2.24. The number of nitrogens with two attached hydrogens (primary N) is 1. The van der Waals surface area contributed by atoms with Crippen LogP contribution in [-0.2, 0) is 11.2 Å². The van der Waals surface area contributed by atoms with Gasteiger partial charge < -0.3 is 5.73 Å². The molecule has 0 aliphatic carbocycles. The Balaban J connectivity index is 2.50. The Morgan fingerprint density at radius 3 is 2.88 bits per heavy atom. The highest BCUT2D eigenvalue weighted by Gasteiger charge is 2.06. The molecule has 2 aromatic rings. The number of nitrogens with zero attached hydrogens (tertiary/aromatic N) is 1. The van der Waals surface area contributed by atoms with Crippen LogP contribution in [0.15, 0.2) is 24.3 Å². The van der Waals surface area contributed by atoms with Crippen molar-refractivity contribution in [1.29, 1.82) is 0 Å². The molecule has 1 aromatic heterocycles. The molecular formula is C13H13ClN2O. The first-order chi connectivity index (χ1) is 8.06. The van der Waals surface area contributed by atoms with E-state index < -0.39 is 0 Å². The lowest BCUT2D eigenvalue weighted by Gasteiger charge is -2.07. The number of aromatic nitrogens is 1. The molecule has 0 saturated heterocycles. The first-order valence-corrected chi connectivity index (χ1v) is 5.78. The van der Waals surface area contributed by atoms with E-state index in [0.29, 0.717) is 17.9 Å². The molecule has 0 atom stereocenters. The Morgan fingerprint density at radius 2 is 2.18 bits per heavy atom. The Kier molecular flexibility index (Phi) is 3.29. The van der Waals surface area contributed by atoms with E-state index in [-0.39, 0.29) is 5.91 Å². The van der Waals surface area contributed by atoms with E-state index in [1.54, 1.807) is 0 Å². The number of fused-ring (bicyclic) bond motifs is 1. The van der Waals surface area contributed by atoms with Crippen molar-refractivity contribution in [3.63, 3.8) is 0 Å². The molecule has 1 heterocycles. The fourth-order valence-electron chi connectivity index (χ4n) is 1.89. The minimum Gasteiger partial charge on any atom is -0.370 e. The molecule has 17 heavy (non-hydrogen) atoms. The van der Waals surface area contributed by atoms with Gasteiger partial charge in [0.25, 0.3) is 0 Å². The van der Waals surface area contributed by atoms with Gasteiger partial charge in [0.2, 0.25) is 5.91 Å². The van der Waals surface area contributed by atoms with Crippen molar-refractivity contribution in [2.45, 2.75) is 19.8 Å². The van der Waals surface area contributed by atoms with E-state index in [0.717, 1.165) is 22.2 Å². The Hall–Kier alpha value is -1.61. The first-order valence-electron chi connectivity index (χ1n) is 5.40. The second-order valence-corrected chi connectivity index (χ2v) is 4.49. The van der Waals surface area contributed by atoms with Crippen LogP contribution in [0.1, 0.15) is 17.7 Å². The summed E-state index contributed by atoms with van der Waals surface area (Å²) in [6.07, 6.45) is 0.984. The minimum atomic E-state index is -0.290. The molecule has 4 heteroatoms. The summed E-state index contributed by atoms with van der Waals surface area (Å²) in [4.78, 5) is 15.3. The highest BCUT2D eigenvalue weighted by Crippen LogP contribution is 2.23. The van der Waals surface area contributed by atoms with Crippen LogP contribution in [0.5, 0.6) is 0 Å². The van der Waals surface area contributed by atoms with Crippen molar-refractivity contribution in [3.8, 4) is 0 Å². The summed E-state index contributed by atoms with van der Waals surface area (Å²) in [6, 6.07) is 7.58. The normalized spacial score (nSPS) is 10.7. The second-order valence-electron chi connectivity index (χ2n) is 4.05. The Bertz CT molecular complexity index is 576. The highest BCUT2D eigenvalue weighted by molar-refractivity contribution is 6.31. The lowest BCUT2D eigenvalue weighted by Crippen LogP contribution is -2.11. The molecule has 3 nitrogen and oxygen atoms in total. The summed E-state index contributed by atoms with van der Waals surface area (Å²) >= 11 is 5.94. The van der Waals surface area contributed by atoms with Crippen LogP contribution in [-0.4, -0.2) is 10.9 Å². The Morgan fingerprint density at radius 1 is 1.41 bits per heavy atom. The number of aryl methyl sites for hydroxylation is 2. The third-order valence-electron chi connectivity index (χ3n) is 2.63. The van der Waals surface area contributed by atoms with Gasteiger partial charge in [-0.15, -0.1) is 0 Å². The van der Waals surface area contributed by atoms with Gasteiger partial charge in [0.05, 0.1) is 5.52 Å². The number of hydrogen-bond acceptors (Lipinski definition) is 2. The molecule has 0 fully saturated rings. The summed E-state index contributed by atoms with van der Waals surface area (Å²) in [7, 11) is 0. The molecular weight excluding hydrogens is 236 g/mol. The fraction of sp³-hybridized carbons (Fsp3) is 0.231. The maximum Gasteiger partial charge on any atom is 0.217 e. The van der Waals surface area contributed by atoms with Crippen LogP contribution in [0, 0.1) is 6.92 Å². The van der Waals surface area contributed by atoms with Crippen LogP contribution in [0.3, 0.4) is 0 Å². The summed E-state index contributed by atoms with van der Waals surface area (Å²) in [6.45, 7) is 1.92. The van der Waals surface area contributed by atoms with Gasteiger partial charge in [0, 0.05) is 22.5 Å². The van der Waals surface area contributed by atoms with Crippen LogP contribution in [0.25, 0.3) is 10.9 Å². The average molecular weight is 249 g/mol. The molecule has 0 aliphatic heterocycles. The zero-order chi connectivity index (χ0) is 12.4. The number of rotatable bonds is 3. The number of carbonyl (C=O) groups excluding carboxylic acids is 1. The predicted molar refractivity (Wildman–Crippen MR) is 69.0 cm³/mol. The van der Waals surface area contributed by atoms with Crippen molar-refractivity contribution >= 4 is 28.4 Å². The third kappa shape index (κ3) is 2.74. The predicted octanol–water partition coefficient (Wildman–Crippen LogP) is 2.61.